The van der Waals surface area contributed by atoms with Gasteiger partial charge in [0.2, 0.25) is 0 Å². The summed E-state index contributed by atoms with van der Waals surface area (Å²) in [6.45, 7) is 2.11. The van der Waals surface area contributed by atoms with Gasteiger partial charge in [0.05, 0.1) is 21.1 Å². The van der Waals surface area contributed by atoms with E-state index in [1.54, 1.807) is 0 Å². The first-order valence-electron chi connectivity index (χ1n) is 3.66. The summed E-state index contributed by atoms with van der Waals surface area (Å²) in [5.74, 6) is 0. The van der Waals surface area contributed by atoms with Crippen LogP contribution in [0.25, 0.3) is 0 Å². The fraction of sp³-hybridized carbons (Fsp3) is 0.875. The van der Waals surface area contributed by atoms with Crippen LogP contribution in [-0.4, -0.2) is 50.8 Å². The van der Waals surface area contributed by atoms with Crippen LogP contribution in [0.1, 0.15) is 6.92 Å². The Morgan fingerprint density at radius 1 is 1.20 bits per heavy atom. The molecule has 2 heteroatoms. The van der Waals surface area contributed by atoms with Gasteiger partial charge in [0.1, 0.15) is 6.17 Å². The number of hydrogen-bond acceptors (Lipinski definition) is 1. The third-order valence-electron chi connectivity index (χ3n) is 1.62. The Balaban J connectivity index is 4.07. The predicted molar refractivity (Wildman–Crippen MR) is 45.5 cm³/mol. The molecular weight excluding hydrogens is 124 g/mol. The van der Waals surface area contributed by atoms with Crippen molar-refractivity contribution in [3.05, 3.63) is 6.42 Å². The minimum Gasteiger partial charge on any atom is -0.316 e. The van der Waals surface area contributed by atoms with Crippen LogP contribution in [0.4, 0.5) is 0 Å². The van der Waals surface area contributed by atoms with Gasteiger partial charge in [-0.2, -0.15) is 0 Å². The Labute approximate surface area is 65.0 Å². The molecule has 0 aliphatic rings. The zero-order valence-electron chi connectivity index (χ0n) is 8.05. The molecule has 1 radical (unpaired) electrons. The van der Waals surface area contributed by atoms with Crippen LogP contribution in [0.15, 0.2) is 0 Å². The highest BCUT2D eigenvalue weighted by atomic mass is 15.4. The van der Waals surface area contributed by atoms with E-state index in [1.165, 1.54) is 0 Å². The lowest BCUT2D eigenvalue weighted by Gasteiger charge is -2.37. The van der Waals surface area contributed by atoms with E-state index in [4.69, 9.17) is 0 Å². The van der Waals surface area contributed by atoms with Crippen LogP contribution < -0.4 is 0 Å². The summed E-state index contributed by atoms with van der Waals surface area (Å²) in [6.07, 6.45) is 2.74. The van der Waals surface area contributed by atoms with Crippen molar-refractivity contribution in [3.8, 4) is 0 Å². The van der Waals surface area contributed by atoms with Gasteiger partial charge in [-0.05, 0) is 14.1 Å². The second kappa shape index (κ2) is 3.35. The lowest BCUT2D eigenvalue weighted by molar-refractivity contribution is -0.902. The Morgan fingerprint density at radius 2 is 1.60 bits per heavy atom. The standard InChI is InChI=1S/C8H20N2/c1-7-8(9(2)3)10(4,5)6/h7-8H,1-6H3/q+1/t8-/m0/s1. The zero-order valence-corrected chi connectivity index (χ0v) is 8.05. The van der Waals surface area contributed by atoms with Gasteiger partial charge in [-0.3, -0.25) is 4.90 Å². The fourth-order valence-corrected chi connectivity index (χ4v) is 1.44. The third kappa shape index (κ3) is 2.67. The molecule has 0 unspecified atom stereocenters. The molecule has 0 N–H and O–H groups in total. The van der Waals surface area contributed by atoms with Crippen molar-refractivity contribution in [3.63, 3.8) is 0 Å². The van der Waals surface area contributed by atoms with Crippen molar-refractivity contribution < 1.29 is 4.48 Å². The molecule has 0 aromatic heterocycles. The van der Waals surface area contributed by atoms with E-state index in [9.17, 15) is 0 Å². The smallest absolute Gasteiger partial charge is 0.147 e. The van der Waals surface area contributed by atoms with Gasteiger partial charge >= 0.3 is 0 Å². The van der Waals surface area contributed by atoms with Crippen LogP contribution in [0.3, 0.4) is 0 Å². The monoisotopic (exact) mass is 144 g/mol. The maximum absolute atomic E-state index is 2.22. The van der Waals surface area contributed by atoms with E-state index in [-0.39, 0.29) is 0 Å². The molecule has 0 aromatic carbocycles. The molecule has 1 atom stereocenters. The molecule has 10 heavy (non-hydrogen) atoms. The molecule has 0 rings (SSSR count). The average molecular weight is 144 g/mol. The zero-order chi connectivity index (χ0) is 8.36. The van der Waals surface area contributed by atoms with E-state index in [0.717, 1.165) is 4.48 Å². The van der Waals surface area contributed by atoms with Crippen molar-refractivity contribution in [1.29, 1.82) is 0 Å². The highest BCUT2D eigenvalue weighted by molar-refractivity contribution is 4.68. The molecule has 2 nitrogen and oxygen atoms in total. The minimum atomic E-state index is 0.514. The van der Waals surface area contributed by atoms with Crippen molar-refractivity contribution in [2.45, 2.75) is 13.1 Å². The van der Waals surface area contributed by atoms with Crippen LogP contribution in [0, 0.1) is 6.42 Å². The lowest BCUT2D eigenvalue weighted by atomic mass is 10.3. The van der Waals surface area contributed by atoms with Gasteiger partial charge in [-0.1, -0.05) is 6.92 Å². The number of rotatable bonds is 3. The molecule has 61 valence electrons. The van der Waals surface area contributed by atoms with Gasteiger partial charge in [0.15, 0.2) is 0 Å². The molecule has 0 saturated heterocycles. The van der Waals surface area contributed by atoms with Crippen molar-refractivity contribution >= 4 is 0 Å². The van der Waals surface area contributed by atoms with E-state index in [1.807, 2.05) is 0 Å². The molecule has 0 amide bonds. The second-order valence-corrected chi connectivity index (χ2v) is 3.83. The molecule has 0 spiro atoms. The van der Waals surface area contributed by atoms with Gasteiger partial charge in [-0.15, -0.1) is 0 Å². The van der Waals surface area contributed by atoms with E-state index < -0.39 is 0 Å². The summed E-state index contributed by atoms with van der Waals surface area (Å²) in [7, 11) is 10.8. The SMILES string of the molecule is C[CH][C@@H](N(C)C)[N+](C)(C)C. The number of hydrogen-bond donors (Lipinski definition) is 0. The van der Waals surface area contributed by atoms with Crippen LogP contribution >= 0.6 is 0 Å². The largest absolute Gasteiger partial charge is 0.316 e. The summed E-state index contributed by atoms with van der Waals surface area (Å²) < 4.78 is 0.962. The molecule has 0 heterocycles. The summed E-state index contributed by atoms with van der Waals surface area (Å²) in [5.41, 5.74) is 0. The quantitative estimate of drug-likeness (QED) is 0.418. The van der Waals surface area contributed by atoms with Gasteiger partial charge in [0, 0.05) is 6.42 Å². The summed E-state index contributed by atoms with van der Waals surface area (Å²) >= 11 is 0. The molecule has 0 saturated carbocycles. The van der Waals surface area contributed by atoms with Gasteiger partial charge in [-0.25, -0.2) is 0 Å². The van der Waals surface area contributed by atoms with Crippen molar-refractivity contribution in [1.82, 2.24) is 4.90 Å². The van der Waals surface area contributed by atoms with E-state index in [0.29, 0.717) is 6.17 Å². The van der Waals surface area contributed by atoms with E-state index in [2.05, 4.69) is 53.5 Å². The molecule has 0 aliphatic heterocycles. The van der Waals surface area contributed by atoms with Crippen LogP contribution in [0.5, 0.6) is 0 Å². The van der Waals surface area contributed by atoms with Crippen molar-refractivity contribution in [2.75, 3.05) is 35.2 Å². The topological polar surface area (TPSA) is 3.24 Å². The first-order valence-corrected chi connectivity index (χ1v) is 3.66. The first kappa shape index (κ1) is 9.92. The van der Waals surface area contributed by atoms with Gasteiger partial charge < -0.3 is 4.48 Å². The van der Waals surface area contributed by atoms with Crippen LogP contribution in [-0.2, 0) is 0 Å². The maximum atomic E-state index is 2.22. The first-order chi connectivity index (χ1) is 4.39. The van der Waals surface area contributed by atoms with Crippen LogP contribution in [0.2, 0.25) is 0 Å². The van der Waals surface area contributed by atoms with Crippen molar-refractivity contribution in [2.24, 2.45) is 0 Å². The third-order valence-corrected chi connectivity index (χ3v) is 1.62. The molecular formula is C8H20N2+. The Morgan fingerprint density at radius 3 is 1.60 bits per heavy atom. The highest BCUT2D eigenvalue weighted by Gasteiger charge is 2.23. The Bertz CT molecular complexity index is 91.9. The molecule has 0 fully saturated rings. The minimum absolute atomic E-state index is 0.514. The molecule has 0 bridgehead atoms. The Hall–Kier alpha value is -0.0800. The number of nitrogens with zero attached hydrogens (tertiary/aromatic N) is 2. The molecule has 0 aromatic rings. The van der Waals surface area contributed by atoms with E-state index >= 15 is 0 Å². The fourth-order valence-electron chi connectivity index (χ4n) is 1.44. The summed E-state index contributed by atoms with van der Waals surface area (Å²) in [5, 5.41) is 0. The maximum Gasteiger partial charge on any atom is 0.147 e. The normalized spacial score (nSPS) is 15.9. The lowest BCUT2D eigenvalue weighted by Crippen LogP contribution is -2.52. The highest BCUT2D eigenvalue weighted by Crippen LogP contribution is 2.07. The Kier molecular flexibility index (Phi) is 3.33. The summed E-state index contributed by atoms with van der Waals surface area (Å²) in [6, 6.07) is 0. The average Bonchev–Trinajstić information content (AvgIpc) is 1.60. The predicted octanol–water partition coefficient (Wildman–Crippen LogP) is 0.804. The summed E-state index contributed by atoms with van der Waals surface area (Å²) in [4.78, 5) is 2.22. The van der Waals surface area contributed by atoms with Gasteiger partial charge in [0.25, 0.3) is 0 Å². The number of quaternary nitrogens is 1. The molecule has 0 aliphatic carbocycles. The second-order valence-electron chi connectivity index (χ2n) is 3.83.